The van der Waals surface area contributed by atoms with Crippen molar-refractivity contribution < 1.29 is 19.1 Å². The van der Waals surface area contributed by atoms with Crippen molar-refractivity contribution in [1.29, 1.82) is 0 Å². The number of allylic oxidation sites excluding steroid dienone is 4. The van der Waals surface area contributed by atoms with Crippen LogP contribution in [0.25, 0.3) is 0 Å². The van der Waals surface area contributed by atoms with E-state index in [9.17, 15) is 9.59 Å². The van der Waals surface area contributed by atoms with Gasteiger partial charge in [-0.3, -0.25) is 0 Å². The molecule has 2 saturated carbocycles. The fraction of sp³-hybridized carbons (Fsp3) is 0.474. The molecule has 4 heteroatoms. The highest BCUT2D eigenvalue weighted by atomic mass is 16.5. The van der Waals surface area contributed by atoms with Crippen LogP contribution in [0, 0.1) is 34.5 Å². The Morgan fingerprint density at radius 3 is 1.43 bits per heavy atom. The summed E-state index contributed by atoms with van der Waals surface area (Å²) in [7, 11) is 0. The Morgan fingerprint density at radius 1 is 0.762 bits per heavy atom. The van der Waals surface area contributed by atoms with E-state index >= 15 is 0 Å². The van der Waals surface area contributed by atoms with E-state index in [2.05, 4.69) is 67.2 Å². The fourth-order valence-electron chi connectivity index (χ4n) is 6.97. The first-order valence-electron chi connectivity index (χ1n) is 15.1. The number of esters is 2. The number of ether oxygens (including phenoxy) is 2. The maximum absolute atomic E-state index is 13.1. The SMILES string of the molecule is C=C[C@]1(C)CC[C@@H](C(=C)COC(=O)c2ccccc2C(=O)OCC(=C)[C@@H]2CC[C@@](C)(C=C)[C@H](C(=C)C)C2)C[C@H]1C(=C)C. The van der Waals surface area contributed by atoms with Crippen molar-refractivity contribution in [3.8, 4) is 0 Å². The van der Waals surface area contributed by atoms with Crippen LogP contribution in [0.2, 0.25) is 0 Å². The van der Waals surface area contributed by atoms with Crippen LogP contribution >= 0.6 is 0 Å². The number of carbonyl (C=O) groups excluding carboxylic acids is 2. The van der Waals surface area contributed by atoms with E-state index in [-0.39, 0.29) is 47.0 Å². The summed E-state index contributed by atoms with van der Waals surface area (Å²) in [4.78, 5) is 26.2. The highest BCUT2D eigenvalue weighted by molar-refractivity contribution is 6.03. The van der Waals surface area contributed by atoms with Gasteiger partial charge >= 0.3 is 11.9 Å². The molecule has 0 aromatic heterocycles. The molecule has 2 fully saturated rings. The van der Waals surface area contributed by atoms with Crippen LogP contribution in [0.3, 0.4) is 0 Å². The lowest BCUT2D eigenvalue weighted by molar-refractivity contribution is 0.0475. The first-order valence-corrected chi connectivity index (χ1v) is 15.1. The highest BCUT2D eigenvalue weighted by Crippen LogP contribution is 2.50. The summed E-state index contributed by atoms with van der Waals surface area (Å²) < 4.78 is 11.3. The van der Waals surface area contributed by atoms with Gasteiger partial charge in [0, 0.05) is 0 Å². The molecule has 0 heterocycles. The third-order valence-corrected chi connectivity index (χ3v) is 10.1. The minimum Gasteiger partial charge on any atom is -0.458 e. The van der Waals surface area contributed by atoms with Crippen LogP contribution in [0.1, 0.15) is 86.9 Å². The standard InChI is InChI=1S/C38H50O4/c1-11-37(9)19-17-29(21-33(37)25(3)4)27(7)23-41-35(39)31-15-13-14-16-32(31)36(40)42-24-28(8)30-18-20-38(10,12-2)34(22-30)26(5)6/h11-16,29-30,33-34H,1-3,5,7-8,17-24H2,4,6,9-10H3/t29-,30-,33+,34+,37-,38-/m1/s1. The quantitative estimate of drug-likeness (QED) is 0.185. The van der Waals surface area contributed by atoms with Crippen LogP contribution in [-0.2, 0) is 9.47 Å². The van der Waals surface area contributed by atoms with Gasteiger partial charge in [0.05, 0.1) is 11.1 Å². The Labute approximate surface area is 254 Å². The molecule has 0 aliphatic heterocycles. The smallest absolute Gasteiger partial charge is 0.339 e. The summed E-state index contributed by atoms with van der Waals surface area (Å²) in [6.45, 7) is 33.8. The third-order valence-electron chi connectivity index (χ3n) is 10.1. The first-order chi connectivity index (χ1) is 19.8. The van der Waals surface area contributed by atoms with Gasteiger partial charge in [0.2, 0.25) is 0 Å². The average Bonchev–Trinajstić information content (AvgIpc) is 2.98. The molecular formula is C38H50O4. The first kappa shape index (κ1) is 33.1. The molecule has 42 heavy (non-hydrogen) atoms. The van der Waals surface area contributed by atoms with Crippen LogP contribution in [0.4, 0.5) is 0 Å². The molecule has 0 bridgehead atoms. The van der Waals surface area contributed by atoms with Gasteiger partial charge in [-0.2, -0.15) is 0 Å². The summed E-state index contributed by atoms with van der Waals surface area (Å²) in [5, 5.41) is 0. The number of carbonyl (C=O) groups is 2. The molecule has 226 valence electrons. The van der Waals surface area contributed by atoms with Gasteiger partial charge in [-0.05, 0) is 110 Å². The lowest BCUT2D eigenvalue weighted by Crippen LogP contribution is -2.34. The van der Waals surface area contributed by atoms with Crippen molar-refractivity contribution in [2.24, 2.45) is 34.5 Å². The maximum Gasteiger partial charge on any atom is 0.339 e. The second-order valence-corrected chi connectivity index (χ2v) is 13.2. The second-order valence-electron chi connectivity index (χ2n) is 13.2. The van der Waals surface area contributed by atoms with Gasteiger partial charge in [0.1, 0.15) is 13.2 Å². The summed E-state index contributed by atoms with van der Waals surface area (Å²) in [6.07, 6.45) is 9.77. The van der Waals surface area contributed by atoms with Gasteiger partial charge < -0.3 is 9.47 Å². The predicted molar refractivity (Wildman–Crippen MR) is 173 cm³/mol. The van der Waals surface area contributed by atoms with E-state index in [0.717, 1.165) is 60.8 Å². The van der Waals surface area contributed by atoms with Crippen LogP contribution in [-0.4, -0.2) is 25.2 Å². The molecule has 2 aliphatic rings. The summed E-state index contributed by atoms with van der Waals surface area (Å²) in [5.74, 6) is -0.0618. The van der Waals surface area contributed by atoms with Crippen LogP contribution in [0.15, 0.2) is 98.2 Å². The van der Waals surface area contributed by atoms with Crippen LogP contribution < -0.4 is 0 Å². The molecule has 3 rings (SSSR count). The largest absolute Gasteiger partial charge is 0.458 e. The molecule has 2 aliphatic carbocycles. The zero-order valence-corrected chi connectivity index (χ0v) is 26.3. The molecule has 0 saturated heterocycles. The molecule has 0 N–H and O–H groups in total. The number of hydrogen-bond acceptors (Lipinski definition) is 4. The Kier molecular flexibility index (Phi) is 10.8. The maximum atomic E-state index is 13.1. The Bertz CT molecular complexity index is 1170. The van der Waals surface area contributed by atoms with E-state index in [1.807, 2.05) is 12.2 Å². The monoisotopic (exact) mass is 570 g/mol. The Morgan fingerprint density at radius 2 is 1.12 bits per heavy atom. The minimum atomic E-state index is -0.564. The Balaban J connectivity index is 1.59. The van der Waals surface area contributed by atoms with E-state index in [0.29, 0.717) is 11.8 Å². The van der Waals surface area contributed by atoms with Crippen molar-refractivity contribution in [2.75, 3.05) is 13.2 Å². The van der Waals surface area contributed by atoms with Gasteiger partial charge in [0.25, 0.3) is 0 Å². The zero-order valence-electron chi connectivity index (χ0n) is 26.3. The van der Waals surface area contributed by atoms with Gasteiger partial charge in [-0.1, -0.05) is 75.6 Å². The normalized spacial score (nSPS) is 29.0. The molecule has 0 radical (unpaired) electrons. The van der Waals surface area contributed by atoms with Crippen molar-refractivity contribution >= 4 is 11.9 Å². The predicted octanol–water partition coefficient (Wildman–Crippen LogP) is 9.48. The van der Waals surface area contributed by atoms with Gasteiger partial charge in [-0.25, -0.2) is 9.59 Å². The van der Waals surface area contributed by atoms with Gasteiger partial charge in [-0.15, -0.1) is 13.2 Å². The van der Waals surface area contributed by atoms with E-state index in [1.165, 1.54) is 0 Å². The van der Waals surface area contributed by atoms with Gasteiger partial charge in [0.15, 0.2) is 0 Å². The molecule has 1 aromatic rings. The highest BCUT2D eigenvalue weighted by Gasteiger charge is 2.40. The summed E-state index contributed by atoms with van der Waals surface area (Å²) >= 11 is 0. The van der Waals surface area contributed by atoms with E-state index < -0.39 is 11.9 Å². The lowest BCUT2D eigenvalue weighted by atomic mass is 9.61. The molecule has 0 amide bonds. The lowest BCUT2D eigenvalue weighted by Gasteiger charge is -2.43. The Hall–Kier alpha value is -3.40. The second kappa shape index (κ2) is 13.7. The number of rotatable bonds is 12. The fourth-order valence-corrected chi connectivity index (χ4v) is 6.97. The molecule has 6 atom stereocenters. The molecule has 1 aromatic carbocycles. The third kappa shape index (κ3) is 7.32. The summed E-state index contributed by atoms with van der Waals surface area (Å²) in [6, 6.07) is 6.62. The van der Waals surface area contributed by atoms with Crippen molar-refractivity contribution in [2.45, 2.75) is 66.2 Å². The molecular weight excluding hydrogens is 520 g/mol. The van der Waals surface area contributed by atoms with Crippen molar-refractivity contribution in [1.82, 2.24) is 0 Å². The average molecular weight is 571 g/mol. The van der Waals surface area contributed by atoms with E-state index in [4.69, 9.17) is 9.47 Å². The zero-order chi connectivity index (χ0) is 31.2. The summed E-state index contributed by atoms with van der Waals surface area (Å²) in [5.41, 5.74) is 4.43. The van der Waals surface area contributed by atoms with E-state index in [1.54, 1.807) is 24.3 Å². The van der Waals surface area contributed by atoms with Crippen LogP contribution in [0.5, 0.6) is 0 Å². The minimum absolute atomic E-state index is 0.0133. The van der Waals surface area contributed by atoms with Crippen molar-refractivity contribution in [3.05, 3.63) is 109 Å². The number of benzene rings is 1. The molecule has 0 spiro atoms. The topological polar surface area (TPSA) is 52.6 Å². The molecule has 0 unspecified atom stereocenters. The molecule has 4 nitrogen and oxygen atoms in total. The van der Waals surface area contributed by atoms with Crippen molar-refractivity contribution in [3.63, 3.8) is 0 Å². The number of hydrogen-bond donors (Lipinski definition) is 0.